The minimum Gasteiger partial charge on any atom is -0.463 e. The van der Waals surface area contributed by atoms with E-state index >= 15 is 0 Å². The molecule has 0 bridgehead atoms. The van der Waals surface area contributed by atoms with Gasteiger partial charge in [0.25, 0.3) is 5.91 Å². The van der Waals surface area contributed by atoms with Gasteiger partial charge in [-0.2, -0.15) is 5.10 Å². The van der Waals surface area contributed by atoms with Gasteiger partial charge in [-0.15, -0.1) is 0 Å². The number of benzene rings is 2. The number of carbonyl (C=O) groups excluding carboxylic acids is 2. The zero-order valence-corrected chi connectivity index (χ0v) is 18.4. The van der Waals surface area contributed by atoms with Crippen LogP contribution in [0.3, 0.4) is 0 Å². The molecule has 1 N–H and O–H groups in total. The van der Waals surface area contributed by atoms with Gasteiger partial charge in [0.2, 0.25) is 0 Å². The Morgan fingerprint density at radius 1 is 1.09 bits per heavy atom. The number of aromatic amines is 1. The summed E-state index contributed by atoms with van der Waals surface area (Å²) in [6.45, 7) is 4.17. The van der Waals surface area contributed by atoms with E-state index in [2.05, 4.69) is 29.3 Å². The first-order chi connectivity index (χ1) is 16.1. The number of nitrogens with one attached hydrogen (secondary N) is 1. The number of esters is 1. The molecule has 0 unspecified atom stereocenters. The average molecular weight is 441 g/mol. The normalized spacial score (nSPS) is 15.0. The minimum atomic E-state index is -0.398. The first-order valence-electron chi connectivity index (χ1n) is 10.9. The molecule has 0 fully saturated rings. The second kappa shape index (κ2) is 8.43. The zero-order chi connectivity index (χ0) is 22.9. The van der Waals surface area contributed by atoms with E-state index < -0.39 is 12.0 Å². The Hall–Kier alpha value is -4.13. The number of amides is 1. The number of aryl methyl sites for hydroxylation is 1. The van der Waals surface area contributed by atoms with Crippen molar-refractivity contribution >= 4 is 17.6 Å². The Bertz CT molecular complexity index is 1290. The fourth-order valence-corrected chi connectivity index (χ4v) is 4.24. The molecule has 0 spiro atoms. The van der Waals surface area contributed by atoms with E-state index in [1.807, 2.05) is 18.2 Å². The highest BCUT2D eigenvalue weighted by molar-refractivity contribution is 6.11. The summed E-state index contributed by atoms with van der Waals surface area (Å²) in [5, 5.41) is 7.33. The summed E-state index contributed by atoms with van der Waals surface area (Å²) in [5.74, 6) is 0.00973. The number of carbonyl (C=O) groups is 2. The summed E-state index contributed by atoms with van der Waals surface area (Å²) >= 11 is 0. The highest BCUT2D eigenvalue weighted by Gasteiger charge is 2.43. The van der Waals surface area contributed by atoms with Gasteiger partial charge in [0.15, 0.2) is 11.5 Å². The average Bonchev–Trinajstić information content (AvgIpc) is 3.57. The third kappa shape index (κ3) is 3.51. The van der Waals surface area contributed by atoms with Crippen molar-refractivity contribution in [1.29, 1.82) is 0 Å². The van der Waals surface area contributed by atoms with Gasteiger partial charge < -0.3 is 9.15 Å². The Morgan fingerprint density at radius 2 is 1.85 bits per heavy atom. The van der Waals surface area contributed by atoms with Crippen LogP contribution in [-0.2, 0) is 11.2 Å². The molecule has 5 rings (SSSR count). The molecule has 0 saturated carbocycles. The van der Waals surface area contributed by atoms with Crippen LogP contribution in [0.25, 0.3) is 11.5 Å². The second-order valence-corrected chi connectivity index (χ2v) is 7.78. The number of hydrogen-bond acceptors (Lipinski definition) is 5. The number of furan rings is 1. The van der Waals surface area contributed by atoms with Crippen LogP contribution < -0.4 is 4.90 Å². The highest BCUT2D eigenvalue weighted by atomic mass is 16.5. The number of aromatic nitrogens is 2. The lowest BCUT2D eigenvalue weighted by Gasteiger charge is -2.26. The number of rotatable bonds is 6. The van der Waals surface area contributed by atoms with E-state index in [0.717, 1.165) is 17.5 Å². The minimum absolute atomic E-state index is 0.215. The van der Waals surface area contributed by atoms with Crippen molar-refractivity contribution in [2.45, 2.75) is 26.3 Å². The SMILES string of the molecule is CCOC(=O)c1ccc(N2C(=O)c3n[nH]c(-c4ccco4)c3[C@@H]2c2ccc(CC)cc2)cc1. The van der Waals surface area contributed by atoms with Crippen LogP contribution in [0.5, 0.6) is 0 Å². The van der Waals surface area contributed by atoms with Crippen LogP contribution >= 0.6 is 0 Å². The monoisotopic (exact) mass is 441 g/mol. The summed E-state index contributed by atoms with van der Waals surface area (Å²) in [7, 11) is 0. The first-order valence-corrected chi connectivity index (χ1v) is 10.9. The molecule has 2 aromatic heterocycles. The van der Waals surface area contributed by atoms with Gasteiger partial charge in [-0.1, -0.05) is 31.2 Å². The van der Waals surface area contributed by atoms with Crippen LogP contribution in [0.15, 0.2) is 71.3 Å². The summed E-state index contributed by atoms with van der Waals surface area (Å²) in [4.78, 5) is 27.3. The van der Waals surface area contributed by atoms with Crippen LogP contribution in [0.2, 0.25) is 0 Å². The maximum atomic E-state index is 13.5. The molecular weight excluding hydrogens is 418 g/mol. The standard InChI is InChI=1S/C26H23N3O4/c1-3-16-7-9-17(10-8-16)24-21-22(20-6-5-15-33-20)27-28-23(21)25(30)29(24)19-13-11-18(12-14-19)26(31)32-4-2/h5-15,24H,3-4H2,1-2H3,(H,27,28)/t24-/m0/s1. The topological polar surface area (TPSA) is 88.4 Å². The van der Waals surface area contributed by atoms with E-state index in [1.165, 1.54) is 5.56 Å². The molecule has 33 heavy (non-hydrogen) atoms. The summed E-state index contributed by atoms with van der Waals surface area (Å²) in [5.41, 5.74) is 5.09. The molecule has 1 atom stereocenters. The third-order valence-electron chi connectivity index (χ3n) is 5.88. The molecule has 1 amide bonds. The predicted molar refractivity (Wildman–Crippen MR) is 123 cm³/mol. The maximum Gasteiger partial charge on any atom is 0.338 e. The van der Waals surface area contributed by atoms with Crippen LogP contribution in [0, 0.1) is 0 Å². The number of ether oxygens (including phenoxy) is 1. The van der Waals surface area contributed by atoms with Crippen LogP contribution in [-0.4, -0.2) is 28.7 Å². The Labute approximate surface area is 191 Å². The van der Waals surface area contributed by atoms with Crippen molar-refractivity contribution in [3.63, 3.8) is 0 Å². The van der Waals surface area contributed by atoms with Crippen molar-refractivity contribution in [1.82, 2.24) is 10.2 Å². The quantitative estimate of drug-likeness (QED) is 0.418. The van der Waals surface area contributed by atoms with Crippen molar-refractivity contribution < 1.29 is 18.7 Å². The van der Waals surface area contributed by atoms with E-state index in [0.29, 0.717) is 35.0 Å². The number of anilines is 1. The number of nitrogens with zero attached hydrogens (tertiary/aromatic N) is 2. The number of hydrogen-bond donors (Lipinski definition) is 1. The maximum absolute atomic E-state index is 13.5. The van der Waals surface area contributed by atoms with E-state index in [4.69, 9.17) is 9.15 Å². The Balaban J connectivity index is 1.62. The van der Waals surface area contributed by atoms with E-state index in [9.17, 15) is 9.59 Å². The van der Waals surface area contributed by atoms with Crippen LogP contribution in [0.1, 0.15) is 57.4 Å². The highest BCUT2D eigenvalue weighted by Crippen LogP contribution is 2.45. The molecule has 166 valence electrons. The second-order valence-electron chi connectivity index (χ2n) is 7.78. The molecule has 1 aliphatic heterocycles. The fourth-order valence-electron chi connectivity index (χ4n) is 4.24. The molecule has 4 aromatic rings. The lowest BCUT2D eigenvalue weighted by Crippen LogP contribution is -2.29. The molecule has 1 aliphatic rings. The molecule has 7 heteroatoms. The lowest BCUT2D eigenvalue weighted by molar-refractivity contribution is 0.0526. The first kappa shape index (κ1) is 20.8. The molecule has 0 saturated heterocycles. The number of fused-ring (bicyclic) bond motifs is 1. The van der Waals surface area contributed by atoms with E-state index in [-0.39, 0.29) is 5.91 Å². The predicted octanol–water partition coefficient (Wildman–Crippen LogP) is 5.16. The third-order valence-corrected chi connectivity index (χ3v) is 5.88. The smallest absolute Gasteiger partial charge is 0.338 e. The summed E-state index contributed by atoms with van der Waals surface area (Å²) < 4.78 is 10.7. The van der Waals surface area contributed by atoms with Gasteiger partial charge in [0, 0.05) is 11.3 Å². The van der Waals surface area contributed by atoms with Gasteiger partial charge in [-0.25, -0.2) is 4.79 Å². The molecule has 0 aliphatic carbocycles. The number of H-pyrrole nitrogens is 1. The largest absolute Gasteiger partial charge is 0.463 e. The van der Waals surface area contributed by atoms with Gasteiger partial charge in [0.1, 0.15) is 5.69 Å². The van der Waals surface area contributed by atoms with Gasteiger partial charge in [-0.3, -0.25) is 14.8 Å². The Morgan fingerprint density at radius 3 is 2.48 bits per heavy atom. The molecular formula is C26H23N3O4. The Kier molecular flexibility index (Phi) is 5.30. The molecule has 7 nitrogen and oxygen atoms in total. The van der Waals surface area contributed by atoms with Crippen molar-refractivity contribution in [3.8, 4) is 11.5 Å². The fraction of sp³-hybridized carbons (Fsp3) is 0.192. The van der Waals surface area contributed by atoms with Gasteiger partial charge in [-0.05, 0) is 60.9 Å². The van der Waals surface area contributed by atoms with E-state index in [1.54, 1.807) is 48.4 Å². The van der Waals surface area contributed by atoms with Crippen molar-refractivity contribution in [2.24, 2.45) is 0 Å². The lowest BCUT2D eigenvalue weighted by atomic mass is 9.96. The van der Waals surface area contributed by atoms with Crippen LogP contribution in [0.4, 0.5) is 5.69 Å². The van der Waals surface area contributed by atoms with Crippen molar-refractivity contribution in [3.05, 3.63) is 94.9 Å². The summed E-state index contributed by atoms with van der Waals surface area (Å²) in [6.07, 6.45) is 2.52. The molecule has 0 radical (unpaired) electrons. The summed E-state index contributed by atoms with van der Waals surface area (Å²) in [6, 6.07) is 18.4. The molecule has 3 heterocycles. The van der Waals surface area contributed by atoms with Gasteiger partial charge >= 0.3 is 5.97 Å². The van der Waals surface area contributed by atoms with Gasteiger partial charge in [0.05, 0.1) is 24.5 Å². The van der Waals surface area contributed by atoms with Crippen molar-refractivity contribution in [2.75, 3.05) is 11.5 Å². The zero-order valence-electron chi connectivity index (χ0n) is 18.4. The molecule has 2 aromatic carbocycles.